The Hall–Kier alpha value is -0.820. The van der Waals surface area contributed by atoms with Crippen LogP contribution in [0.2, 0.25) is 0 Å². The number of benzene rings is 1. The van der Waals surface area contributed by atoms with Crippen molar-refractivity contribution in [2.45, 2.75) is 58.5 Å². The number of hydrogen-bond donors (Lipinski definition) is 1. The minimum Gasteiger partial charge on any atom is -0.393 e. The molecule has 0 aromatic heterocycles. The molecule has 17 heavy (non-hydrogen) atoms. The summed E-state index contributed by atoms with van der Waals surface area (Å²) in [6, 6.07) is 6.78. The van der Waals surface area contributed by atoms with Gasteiger partial charge in [0, 0.05) is 0 Å². The van der Waals surface area contributed by atoms with Gasteiger partial charge in [-0.25, -0.2) is 0 Å². The van der Waals surface area contributed by atoms with Gasteiger partial charge in [-0.05, 0) is 55.7 Å². The molecule has 1 aromatic rings. The second kappa shape index (κ2) is 5.68. The topological polar surface area (TPSA) is 20.2 Å². The first-order chi connectivity index (χ1) is 8.15. The Morgan fingerprint density at radius 1 is 1.12 bits per heavy atom. The molecule has 0 bridgehead atoms. The normalized spacial score (nSPS) is 25.6. The standard InChI is InChI=1S/C16H24O/c1-12-7-8-15(9-13(12)2)10-14-5-3-4-6-16(17)11-14/h7-9,14,16-17H,3-6,10-11H2,1-2H3. The van der Waals surface area contributed by atoms with E-state index in [0.717, 1.165) is 19.3 Å². The van der Waals surface area contributed by atoms with Gasteiger partial charge in [0.25, 0.3) is 0 Å². The van der Waals surface area contributed by atoms with Gasteiger partial charge < -0.3 is 5.11 Å². The Morgan fingerprint density at radius 3 is 2.65 bits per heavy atom. The summed E-state index contributed by atoms with van der Waals surface area (Å²) in [5.74, 6) is 0.676. The van der Waals surface area contributed by atoms with E-state index in [1.165, 1.54) is 36.0 Å². The molecule has 2 atom stereocenters. The maximum atomic E-state index is 9.84. The molecule has 94 valence electrons. The number of aliphatic hydroxyl groups excluding tert-OH is 1. The highest BCUT2D eigenvalue weighted by molar-refractivity contribution is 5.30. The molecule has 2 unspecified atom stereocenters. The van der Waals surface area contributed by atoms with Crippen LogP contribution in [0.25, 0.3) is 0 Å². The first-order valence-corrected chi connectivity index (χ1v) is 6.89. The van der Waals surface area contributed by atoms with Crippen LogP contribution in [0.1, 0.15) is 48.8 Å². The third kappa shape index (κ3) is 3.57. The van der Waals surface area contributed by atoms with Gasteiger partial charge in [-0.3, -0.25) is 0 Å². The first kappa shape index (κ1) is 12.6. The lowest BCUT2D eigenvalue weighted by atomic mass is 9.90. The molecule has 0 spiro atoms. The van der Waals surface area contributed by atoms with E-state index in [0.29, 0.717) is 5.92 Å². The smallest absolute Gasteiger partial charge is 0.0543 e. The van der Waals surface area contributed by atoms with Crippen LogP contribution in [0.15, 0.2) is 18.2 Å². The van der Waals surface area contributed by atoms with Crippen molar-refractivity contribution >= 4 is 0 Å². The molecule has 0 radical (unpaired) electrons. The summed E-state index contributed by atoms with van der Waals surface area (Å²) in [5.41, 5.74) is 4.19. The molecule has 1 aliphatic rings. The summed E-state index contributed by atoms with van der Waals surface area (Å²) >= 11 is 0. The molecule has 1 saturated carbocycles. The van der Waals surface area contributed by atoms with Crippen LogP contribution in [-0.4, -0.2) is 11.2 Å². The Morgan fingerprint density at radius 2 is 1.88 bits per heavy atom. The molecule has 0 amide bonds. The van der Waals surface area contributed by atoms with E-state index in [9.17, 15) is 5.11 Å². The van der Waals surface area contributed by atoms with Gasteiger partial charge in [0.2, 0.25) is 0 Å². The molecule has 1 nitrogen and oxygen atoms in total. The van der Waals surface area contributed by atoms with Crippen molar-refractivity contribution in [3.05, 3.63) is 34.9 Å². The summed E-state index contributed by atoms with van der Waals surface area (Å²) in [5, 5.41) is 9.84. The molecule has 1 aliphatic carbocycles. The van der Waals surface area contributed by atoms with Gasteiger partial charge in [-0.15, -0.1) is 0 Å². The maximum absolute atomic E-state index is 9.84. The largest absolute Gasteiger partial charge is 0.393 e. The van der Waals surface area contributed by atoms with E-state index in [1.54, 1.807) is 0 Å². The van der Waals surface area contributed by atoms with Gasteiger partial charge >= 0.3 is 0 Å². The van der Waals surface area contributed by atoms with Crippen molar-refractivity contribution in [1.29, 1.82) is 0 Å². The summed E-state index contributed by atoms with van der Waals surface area (Å²) < 4.78 is 0. The SMILES string of the molecule is Cc1ccc(CC2CCCCC(O)C2)cc1C. The van der Waals surface area contributed by atoms with Crippen LogP contribution in [0.4, 0.5) is 0 Å². The number of aryl methyl sites for hydroxylation is 2. The highest BCUT2D eigenvalue weighted by Gasteiger charge is 2.18. The van der Waals surface area contributed by atoms with Gasteiger partial charge in [-0.2, -0.15) is 0 Å². The van der Waals surface area contributed by atoms with Crippen LogP contribution >= 0.6 is 0 Å². The van der Waals surface area contributed by atoms with Crippen LogP contribution in [0.5, 0.6) is 0 Å². The van der Waals surface area contributed by atoms with Crippen molar-refractivity contribution in [2.24, 2.45) is 5.92 Å². The average molecular weight is 232 g/mol. The lowest BCUT2D eigenvalue weighted by Gasteiger charge is -2.17. The molecular formula is C16H24O. The fraction of sp³-hybridized carbons (Fsp3) is 0.625. The number of rotatable bonds is 2. The van der Waals surface area contributed by atoms with E-state index in [4.69, 9.17) is 0 Å². The Kier molecular flexibility index (Phi) is 4.22. The zero-order valence-corrected chi connectivity index (χ0v) is 11.1. The molecule has 2 rings (SSSR count). The lowest BCUT2D eigenvalue weighted by molar-refractivity contribution is 0.141. The zero-order valence-electron chi connectivity index (χ0n) is 11.1. The lowest BCUT2D eigenvalue weighted by Crippen LogP contribution is -2.12. The second-order valence-corrected chi connectivity index (χ2v) is 5.66. The fourth-order valence-corrected chi connectivity index (χ4v) is 2.88. The van der Waals surface area contributed by atoms with E-state index in [-0.39, 0.29) is 6.10 Å². The minimum atomic E-state index is -0.0611. The van der Waals surface area contributed by atoms with Crippen LogP contribution < -0.4 is 0 Å². The van der Waals surface area contributed by atoms with Crippen LogP contribution in [0, 0.1) is 19.8 Å². The third-order valence-electron chi connectivity index (χ3n) is 4.10. The van der Waals surface area contributed by atoms with Crippen molar-refractivity contribution in [1.82, 2.24) is 0 Å². The molecule has 0 aliphatic heterocycles. The maximum Gasteiger partial charge on any atom is 0.0543 e. The predicted octanol–water partition coefficient (Wildman–Crippen LogP) is 3.79. The van der Waals surface area contributed by atoms with Gasteiger partial charge in [0.15, 0.2) is 0 Å². The molecule has 1 heteroatoms. The number of aliphatic hydroxyl groups is 1. The van der Waals surface area contributed by atoms with E-state index >= 15 is 0 Å². The highest BCUT2D eigenvalue weighted by Crippen LogP contribution is 2.26. The molecule has 1 aromatic carbocycles. The van der Waals surface area contributed by atoms with E-state index in [1.807, 2.05) is 0 Å². The van der Waals surface area contributed by atoms with E-state index in [2.05, 4.69) is 32.0 Å². The zero-order chi connectivity index (χ0) is 12.3. The third-order valence-corrected chi connectivity index (χ3v) is 4.10. The van der Waals surface area contributed by atoms with Gasteiger partial charge in [0.05, 0.1) is 6.10 Å². The van der Waals surface area contributed by atoms with Gasteiger partial charge in [-0.1, -0.05) is 37.5 Å². The summed E-state index contributed by atoms with van der Waals surface area (Å²) in [7, 11) is 0. The predicted molar refractivity (Wildman–Crippen MR) is 72.2 cm³/mol. The average Bonchev–Trinajstić information content (AvgIpc) is 2.48. The van der Waals surface area contributed by atoms with Crippen molar-refractivity contribution < 1.29 is 5.11 Å². The van der Waals surface area contributed by atoms with Crippen LogP contribution in [-0.2, 0) is 6.42 Å². The van der Waals surface area contributed by atoms with Gasteiger partial charge in [0.1, 0.15) is 0 Å². The Bertz CT molecular complexity index is 370. The Labute approximate surface area is 105 Å². The fourth-order valence-electron chi connectivity index (χ4n) is 2.88. The summed E-state index contributed by atoms with van der Waals surface area (Å²) in [6.45, 7) is 4.34. The highest BCUT2D eigenvalue weighted by atomic mass is 16.3. The molecule has 0 saturated heterocycles. The quantitative estimate of drug-likeness (QED) is 0.769. The van der Waals surface area contributed by atoms with Crippen molar-refractivity contribution in [3.8, 4) is 0 Å². The van der Waals surface area contributed by atoms with Crippen molar-refractivity contribution in [3.63, 3.8) is 0 Å². The summed E-state index contributed by atoms with van der Waals surface area (Å²) in [6.07, 6.45) is 6.84. The second-order valence-electron chi connectivity index (χ2n) is 5.66. The van der Waals surface area contributed by atoms with E-state index < -0.39 is 0 Å². The monoisotopic (exact) mass is 232 g/mol. The molecule has 0 heterocycles. The minimum absolute atomic E-state index is 0.0611. The summed E-state index contributed by atoms with van der Waals surface area (Å²) in [4.78, 5) is 0. The van der Waals surface area contributed by atoms with Crippen LogP contribution in [0.3, 0.4) is 0 Å². The first-order valence-electron chi connectivity index (χ1n) is 6.89. The molecule has 1 fully saturated rings. The molecular weight excluding hydrogens is 208 g/mol. The number of hydrogen-bond acceptors (Lipinski definition) is 1. The molecule has 1 N–H and O–H groups in total. The van der Waals surface area contributed by atoms with Crippen molar-refractivity contribution in [2.75, 3.05) is 0 Å². The Balaban J connectivity index is 2.01.